The van der Waals surface area contributed by atoms with Crippen LogP contribution in [0.5, 0.6) is 5.75 Å². The highest BCUT2D eigenvalue weighted by molar-refractivity contribution is 6.30. The van der Waals surface area contributed by atoms with Gasteiger partial charge in [-0.3, -0.25) is 4.79 Å². The van der Waals surface area contributed by atoms with E-state index in [0.29, 0.717) is 18.7 Å². The molecule has 0 saturated carbocycles. The maximum atomic E-state index is 12.2. The van der Waals surface area contributed by atoms with Gasteiger partial charge in [0.1, 0.15) is 12.4 Å². The molecule has 4 heteroatoms. The molecule has 1 N–H and O–H groups in total. The van der Waals surface area contributed by atoms with E-state index in [1.165, 1.54) is 0 Å². The topological polar surface area (TPSA) is 38.3 Å². The summed E-state index contributed by atoms with van der Waals surface area (Å²) in [6.45, 7) is 0.892. The Morgan fingerprint density at radius 3 is 2.73 bits per heavy atom. The van der Waals surface area contributed by atoms with E-state index in [9.17, 15) is 4.79 Å². The number of rotatable bonds is 4. The molecule has 0 atom stereocenters. The molecule has 0 spiro atoms. The summed E-state index contributed by atoms with van der Waals surface area (Å²) in [5.74, 6) is 0.740. The van der Waals surface area contributed by atoms with Gasteiger partial charge in [0.05, 0.1) is 5.57 Å². The van der Waals surface area contributed by atoms with Crippen molar-refractivity contribution in [3.05, 3.63) is 70.3 Å². The Hall–Kier alpha value is -2.26. The second-order valence-electron chi connectivity index (χ2n) is 5.13. The zero-order valence-electron chi connectivity index (χ0n) is 12.0. The molecular weight excluding hydrogens is 298 g/mol. The lowest BCUT2D eigenvalue weighted by Gasteiger charge is -2.17. The number of carbonyl (C=O) groups excluding carboxylic acids is 1. The molecule has 22 heavy (non-hydrogen) atoms. The Labute approximate surface area is 134 Å². The van der Waals surface area contributed by atoms with Crippen LogP contribution in [0.3, 0.4) is 0 Å². The second-order valence-corrected chi connectivity index (χ2v) is 5.56. The molecule has 2 aromatic carbocycles. The van der Waals surface area contributed by atoms with E-state index in [4.69, 9.17) is 16.3 Å². The summed E-state index contributed by atoms with van der Waals surface area (Å²) in [7, 11) is 0. The molecule has 0 radical (unpaired) electrons. The van der Waals surface area contributed by atoms with Gasteiger partial charge in [-0.05, 0) is 36.3 Å². The molecule has 0 saturated heterocycles. The number of amides is 1. The van der Waals surface area contributed by atoms with Crippen molar-refractivity contribution < 1.29 is 9.53 Å². The minimum absolute atomic E-state index is 0.0801. The Balaban J connectivity index is 1.57. The van der Waals surface area contributed by atoms with E-state index in [1.807, 2.05) is 54.6 Å². The van der Waals surface area contributed by atoms with Crippen LogP contribution in [0.4, 0.5) is 0 Å². The van der Waals surface area contributed by atoms with Crippen molar-refractivity contribution in [1.82, 2.24) is 5.32 Å². The van der Waals surface area contributed by atoms with Gasteiger partial charge in [0.25, 0.3) is 5.91 Å². The molecule has 1 aliphatic heterocycles. The van der Waals surface area contributed by atoms with Crippen molar-refractivity contribution in [2.45, 2.75) is 6.42 Å². The molecule has 0 bridgehead atoms. The van der Waals surface area contributed by atoms with Crippen molar-refractivity contribution >= 4 is 23.6 Å². The highest BCUT2D eigenvalue weighted by atomic mass is 35.5. The molecule has 1 aliphatic rings. The summed E-state index contributed by atoms with van der Waals surface area (Å²) in [4.78, 5) is 12.2. The van der Waals surface area contributed by atoms with Crippen LogP contribution in [0.15, 0.2) is 54.1 Å². The first kappa shape index (κ1) is 14.7. The summed E-state index contributed by atoms with van der Waals surface area (Å²) in [5, 5.41) is 3.64. The van der Waals surface area contributed by atoms with Crippen LogP contribution in [0.2, 0.25) is 5.02 Å². The molecule has 3 nitrogen and oxygen atoms in total. The maximum absolute atomic E-state index is 12.2. The van der Waals surface area contributed by atoms with E-state index in [0.717, 1.165) is 28.3 Å². The van der Waals surface area contributed by atoms with Gasteiger partial charge >= 0.3 is 0 Å². The Morgan fingerprint density at radius 2 is 1.91 bits per heavy atom. The quantitative estimate of drug-likeness (QED) is 0.938. The van der Waals surface area contributed by atoms with Gasteiger partial charge in [-0.2, -0.15) is 0 Å². The minimum atomic E-state index is -0.0801. The molecule has 3 rings (SSSR count). The number of hydrogen-bond donors (Lipinski definition) is 1. The van der Waals surface area contributed by atoms with Gasteiger partial charge in [-0.25, -0.2) is 0 Å². The summed E-state index contributed by atoms with van der Waals surface area (Å²) in [6, 6.07) is 15.3. The third-order valence-electron chi connectivity index (χ3n) is 3.54. The van der Waals surface area contributed by atoms with E-state index >= 15 is 0 Å². The lowest BCUT2D eigenvalue weighted by Crippen LogP contribution is -2.30. The predicted molar refractivity (Wildman–Crippen MR) is 88.1 cm³/mol. The molecule has 1 amide bonds. The van der Waals surface area contributed by atoms with E-state index < -0.39 is 0 Å². The summed E-state index contributed by atoms with van der Waals surface area (Å²) < 4.78 is 5.59. The fourth-order valence-electron chi connectivity index (χ4n) is 2.33. The van der Waals surface area contributed by atoms with Crippen molar-refractivity contribution in [3.8, 4) is 5.75 Å². The van der Waals surface area contributed by atoms with Crippen molar-refractivity contribution in [2.75, 3.05) is 13.2 Å². The number of benzene rings is 2. The fraction of sp³-hybridized carbons (Fsp3) is 0.167. The average Bonchev–Trinajstić information content (AvgIpc) is 2.56. The second kappa shape index (κ2) is 6.67. The zero-order chi connectivity index (χ0) is 15.4. The normalized spacial score (nSPS) is 12.9. The molecule has 0 fully saturated rings. The molecule has 112 valence electrons. The monoisotopic (exact) mass is 313 g/mol. The summed E-state index contributed by atoms with van der Waals surface area (Å²) in [5.41, 5.74) is 2.73. The first-order valence-corrected chi connectivity index (χ1v) is 7.55. The average molecular weight is 314 g/mol. The van der Waals surface area contributed by atoms with Crippen LogP contribution in [-0.2, 0) is 11.2 Å². The first-order valence-electron chi connectivity index (χ1n) is 7.17. The van der Waals surface area contributed by atoms with E-state index in [-0.39, 0.29) is 5.91 Å². The lowest BCUT2D eigenvalue weighted by atomic mass is 10.1. The van der Waals surface area contributed by atoms with Crippen molar-refractivity contribution in [3.63, 3.8) is 0 Å². The van der Waals surface area contributed by atoms with Crippen molar-refractivity contribution in [1.29, 1.82) is 0 Å². The van der Waals surface area contributed by atoms with Gasteiger partial charge in [0.15, 0.2) is 0 Å². The van der Waals surface area contributed by atoms with Gasteiger partial charge in [0.2, 0.25) is 0 Å². The van der Waals surface area contributed by atoms with E-state index in [2.05, 4.69) is 5.32 Å². The number of halogens is 1. The van der Waals surface area contributed by atoms with Crippen LogP contribution >= 0.6 is 11.6 Å². The van der Waals surface area contributed by atoms with Crippen molar-refractivity contribution in [2.24, 2.45) is 0 Å². The maximum Gasteiger partial charge on any atom is 0.250 e. The largest absolute Gasteiger partial charge is 0.488 e. The Morgan fingerprint density at radius 1 is 1.14 bits per heavy atom. The SMILES string of the molecule is O=C(NCCc1ccc(Cl)cc1)C1=Cc2ccccc2OC1. The first-order chi connectivity index (χ1) is 10.7. The molecule has 2 aromatic rings. The zero-order valence-corrected chi connectivity index (χ0v) is 12.8. The number of carbonyl (C=O) groups is 1. The van der Waals surface area contributed by atoms with Crippen LogP contribution in [0, 0.1) is 0 Å². The fourth-order valence-corrected chi connectivity index (χ4v) is 2.46. The number of nitrogens with one attached hydrogen (secondary N) is 1. The molecule has 0 unspecified atom stereocenters. The highest BCUT2D eigenvalue weighted by Crippen LogP contribution is 2.25. The van der Waals surface area contributed by atoms with Gasteiger partial charge in [-0.1, -0.05) is 41.9 Å². The Kier molecular flexibility index (Phi) is 4.45. The van der Waals surface area contributed by atoms with Crippen LogP contribution in [-0.4, -0.2) is 19.1 Å². The van der Waals surface area contributed by atoms with Gasteiger partial charge in [-0.15, -0.1) is 0 Å². The van der Waals surface area contributed by atoms with Crippen LogP contribution < -0.4 is 10.1 Å². The van der Waals surface area contributed by atoms with E-state index in [1.54, 1.807) is 0 Å². The molecule has 0 aliphatic carbocycles. The van der Waals surface area contributed by atoms with Crippen LogP contribution in [0.1, 0.15) is 11.1 Å². The smallest absolute Gasteiger partial charge is 0.250 e. The van der Waals surface area contributed by atoms with Gasteiger partial charge in [0, 0.05) is 17.1 Å². The summed E-state index contributed by atoms with van der Waals surface area (Å²) >= 11 is 5.85. The highest BCUT2D eigenvalue weighted by Gasteiger charge is 2.16. The van der Waals surface area contributed by atoms with Crippen LogP contribution in [0.25, 0.3) is 6.08 Å². The number of para-hydroxylation sites is 1. The predicted octanol–water partition coefficient (Wildman–Crippen LogP) is 3.47. The lowest BCUT2D eigenvalue weighted by molar-refractivity contribution is -0.117. The standard InChI is InChI=1S/C18H16ClNO2/c19-16-7-5-13(6-8-16)9-10-20-18(21)15-11-14-3-1-2-4-17(14)22-12-15/h1-8,11H,9-10,12H2,(H,20,21). The third kappa shape index (κ3) is 3.49. The number of fused-ring (bicyclic) bond motifs is 1. The number of hydrogen-bond acceptors (Lipinski definition) is 2. The third-order valence-corrected chi connectivity index (χ3v) is 3.79. The summed E-state index contributed by atoms with van der Waals surface area (Å²) in [6.07, 6.45) is 2.66. The molecule has 1 heterocycles. The minimum Gasteiger partial charge on any atom is -0.488 e. The molecular formula is C18H16ClNO2. The van der Waals surface area contributed by atoms with Gasteiger partial charge < -0.3 is 10.1 Å². The molecule has 0 aromatic heterocycles. The number of ether oxygens (including phenoxy) is 1. The Bertz CT molecular complexity index is 707.